The minimum atomic E-state index is 0.248. The molecule has 0 radical (unpaired) electrons. The number of hydrogen-bond acceptors (Lipinski definition) is 4. The molecule has 0 amide bonds. The second-order valence-electron chi connectivity index (χ2n) is 4.93. The molecule has 2 aromatic heterocycles. The van der Waals surface area contributed by atoms with Crippen molar-refractivity contribution in [1.29, 1.82) is 0 Å². The van der Waals surface area contributed by atoms with Crippen molar-refractivity contribution in [2.24, 2.45) is 0 Å². The maximum Gasteiger partial charge on any atom is 0.197 e. The van der Waals surface area contributed by atoms with E-state index in [1.807, 2.05) is 30.3 Å². The number of para-hydroxylation sites is 1. The Bertz CT molecular complexity index is 747. The lowest BCUT2D eigenvalue weighted by Gasteiger charge is -2.10. The molecule has 0 saturated heterocycles. The maximum atomic E-state index is 5.95. The van der Waals surface area contributed by atoms with Gasteiger partial charge in [0.25, 0.3) is 0 Å². The van der Waals surface area contributed by atoms with Gasteiger partial charge in [-0.05, 0) is 34.0 Å². The molecule has 0 atom stereocenters. The van der Waals surface area contributed by atoms with E-state index in [4.69, 9.17) is 10.2 Å². The van der Waals surface area contributed by atoms with Gasteiger partial charge in [0.2, 0.25) is 0 Å². The van der Waals surface area contributed by atoms with Crippen molar-refractivity contribution >= 4 is 32.7 Å². The second kappa shape index (κ2) is 4.90. The van der Waals surface area contributed by atoms with Crippen LogP contribution in [0, 0.1) is 0 Å². The van der Waals surface area contributed by atoms with Crippen LogP contribution in [0.25, 0.3) is 22.6 Å². The maximum absolute atomic E-state index is 5.95. The second-order valence-corrected chi connectivity index (χ2v) is 5.73. The zero-order valence-electron chi connectivity index (χ0n) is 11.2. The zero-order valence-corrected chi connectivity index (χ0v) is 12.8. The molecule has 0 unspecified atom stereocenters. The molecule has 1 aromatic carbocycles. The summed E-state index contributed by atoms with van der Waals surface area (Å²) in [5.74, 6) is 1.83. The van der Waals surface area contributed by atoms with Crippen molar-refractivity contribution in [3.05, 3.63) is 40.5 Å². The van der Waals surface area contributed by atoms with E-state index in [9.17, 15) is 0 Å². The van der Waals surface area contributed by atoms with Crippen molar-refractivity contribution in [2.45, 2.75) is 19.8 Å². The zero-order chi connectivity index (χ0) is 14.3. The third-order valence-electron chi connectivity index (χ3n) is 3.10. The van der Waals surface area contributed by atoms with E-state index in [0.29, 0.717) is 17.4 Å². The van der Waals surface area contributed by atoms with Gasteiger partial charge >= 0.3 is 0 Å². The molecule has 0 saturated carbocycles. The summed E-state index contributed by atoms with van der Waals surface area (Å²) >= 11 is 3.44. The van der Waals surface area contributed by atoms with Crippen LogP contribution in [-0.2, 0) is 0 Å². The number of benzene rings is 1. The van der Waals surface area contributed by atoms with Crippen LogP contribution in [0.1, 0.15) is 25.5 Å². The minimum Gasteiger partial charge on any atom is -0.453 e. The Labute approximate surface area is 125 Å². The Morgan fingerprint density at radius 3 is 2.65 bits per heavy atom. The fourth-order valence-corrected chi connectivity index (χ4v) is 2.70. The van der Waals surface area contributed by atoms with Crippen LogP contribution >= 0.6 is 15.9 Å². The van der Waals surface area contributed by atoms with E-state index in [1.54, 1.807) is 0 Å². The molecule has 102 valence electrons. The molecule has 3 rings (SSSR count). The first-order valence-corrected chi connectivity index (χ1v) is 7.17. The summed E-state index contributed by atoms with van der Waals surface area (Å²) in [4.78, 5) is 8.87. The van der Waals surface area contributed by atoms with Gasteiger partial charge in [0, 0.05) is 5.39 Å². The average Bonchev–Trinajstić information content (AvgIpc) is 2.85. The molecular formula is C15H14BrN3O. The number of hydrogen-bond donors (Lipinski definition) is 1. The molecule has 2 N–H and O–H groups in total. The Morgan fingerprint density at radius 1 is 1.20 bits per heavy atom. The number of nitrogen functional groups attached to an aromatic ring is 1. The van der Waals surface area contributed by atoms with E-state index in [-0.39, 0.29) is 5.92 Å². The molecule has 3 aromatic rings. The van der Waals surface area contributed by atoms with Crippen molar-refractivity contribution in [2.75, 3.05) is 5.73 Å². The Hall–Kier alpha value is -1.88. The number of anilines is 1. The SMILES string of the molecule is CC(C)c1nc(-c2cc3ccccc3o2)nc(N)c1Br. The number of halogens is 1. The molecule has 4 nitrogen and oxygen atoms in total. The number of rotatable bonds is 2. The summed E-state index contributed by atoms with van der Waals surface area (Å²) in [7, 11) is 0. The minimum absolute atomic E-state index is 0.248. The van der Waals surface area contributed by atoms with Gasteiger partial charge in [-0.25, -0.2) is 9.97 Å². The first-order valence-electron chi connectivity index (χ1n) is 6.38. The molecule has 20 heavy (non-hydrogen) atoms. The molecule has 0 fully saturated rings. The van der Waals surface area contributed by atoms with E-state index >= 15 is 0 Å². The smallest absolute Gasteiger partial charge is 0.197 e. The lowest BCUT2D eigenvalue weighted by molar-refractivity contribution is 0.623. The summed E-state index contributed by atoms with van der Waals surface area (Å²) in [5.41, 5.74) is 7.65. The summed E-state index contributed by atoms with van der Waals surface area (Å²) in [6.07, 6.45) is 0. The Kier molecular flexibility index (Phi) is 3.22. The van der Waals surface area contributed by atoms with Crippen LogP contribution in [0.2, 0.25) is 0 Å². The predicted octanol–water partition coefficient (Wildman–Crippen LogP) is 4.36. The first kappa shape index (κ1) is 13.1. The van der Waals surface area contributed by atoms with Gasteiger partial charge in [-0.2, -0.15) is 0 Å². The van der Waals surface area contributed by atoms with Gasteiger partial charge in [-0.3, -0.25) is 0 Å². The van der Waals surface area contributed by atoms with Crippen molar-refractivity contribution < 1.29 is 4.42 Å². The summed E-state index contributed by atoms with van der Waals surface area (Å²) in [5, 5.41) is 1.03. The van der Waals surface area contributed by atoms with Crippen molar-refractivity contribution in [1.82, 2.24) is 9.97 Å². The summed E-state index contributed by atoms with van der Waals surface area (Å²) in [6, 6.07) is 9.75. The molecule has 0 aliphatic rings. The Morgan fingerprint density at radius 2 is 1.95 bits per heavy atom. The van der Waals surface area contributed by atoms with Crippen molar-refractivity contribution in [3.63, 3.8) is 0 Å². The van der Waals surface area contributed by atoms with Gasteiger partial charge < -0.3 is 10.2 Å². The lowest BCUT2D eigenvalue weighted by Crippen LogP contribution is -2.03. The molecular weight excluding hydrogens is 318 g/mol. The topological polar surface area (TPSA) is 64.9 Å². The van der Waals surface area contributed by atoms with Gasteiger partial charge in [0.15, 0.2) is 11.6 Å². The lowest BCUT2D eigenvalue weighted by atomic mass is 10.1. The van der Waals surface area contributed by atoms with E-state index in [0.717, 1.165) is 21.1 Å². The molecule has 2 heterocycles. The van der Waals surface area contributed by atoms with E-state index < -0.39 is 0 Å². The first-order chi connectivity index (χ1) is 9.56. The highest BCUT2D eigenvalue weighted by molar-refractivity contribution is 9.10. The standard InChI is InChI=1S/C15H14BrN3O/c1-8(2)13-12(16)14(17)19-15(18-13)11-7-9-5-3-4-6-10(9)20-11/h3-8H,1-2H3,(H2,17,18,19). The normalized spacial score (nSPS) is 11.4. The molecule has 0 aliphatic heterocycles. The van der Waals surface area contributed by atoms with Crippen molar-refractivity contribution in [3.8, 4) is 11.6 Å². The number of nitrogens with zero attached hydrogens (tertiary/aromatic N) is 2. The summed E-state index contributed by atoms with van der Waals surface area (Å²) in [6.45, 7) is 4.13. The predicted molar refractivity (Wildman–Crippen MR) is 83.4 cm³/mol. The van der Waals surface area contributed by atoms with Crippen LogP contribution in [-0.4, -0.2) is 9.97 Å². The van der Waals surface area contributed by atoms with Gasteiger partial charge in [-0.15, -0.1) is 0 Å². The highest BCUT2D eigenvalue weighted by Crippen LogP contribution is 2.31. The largest absolute Gasteiger partial charge is 0.453 e. The van der Waals surface area contributed by atoms with Crippen LogP contribution < -0.4 is 5.73 Å². The van der Waals surface area contributed by atoms with Crippen LogP contribution in [0.4, 0.5) is 5.82 Å². The van der Waals surface area contributed by atoms with Gasteiger partial charge in [-0.1, -0.05) is 32.0 Å². The number of nitrogens with two attached hydrogens (primary N) is 1. The number of aromatic nitrogens is 2. The molecule has 0 aliphatic carbocycles. The summed E-state index contributed by atoms with van der Waals surface area (Å²) < 4.78 is 6.54. The fraction of sp³-hybridized carbons (Fsp3) is 0.200. The molecule has 0 bridgehead atoms. The fourth-order valence-electron chi connectivity index (χ4n) is 2.07. The average molecular weight is 332 g/mol. The van der Waals surface area contributed by atoms with Crippen LogP contribution in [0.5, 0.6) is 0 Å². The Balaban J connectivity index is 2.18. The highest BCUT2D eigenvalue weighted by Gasteiger charge is 2.16. The number of fused-ring (bicyclic) bond motifs is 1. The van der Waals surface area contributed by atoms with E-state index in [2.05, 4.69) is 39.7 Å². The molecule has 5 heteroatoms. The van der Waals surface area contributed by atoms with Gasteiger partial charge in [0.05, 0.1) is 10.2 Å². The molecule has 0 spiro atoms. The third-order valence-corrected chi connectivity index (χ3v) is 3.91. The third kappa shape index (κ3) is 2.18. The monoisotopic (exact) mass is 331 g/mol. The van der Waals surface area contributed by atoms with E-state index in [1.165, 1.54) is 0 Å². The van der Waals surface area contributed by atoms with Gasteiger partial charge in [0.1, 0.15) is 11.4 Å². The quantitative estimate of drug-likeness (QED) is 0.757. The number of furan rings is 1. The highest BCUT2D eigenvalue weighted by atomic mass is 79.9. The van der Waals surface area contributed by atoms with Crippen LogP contribution in [0.15, 0.2) is 39.2 Å². The van der Waals surface area contributed by atoms with Crippen LogP contribution in [0.3, 0.4) is 0 Å².